The Balaban J connectivity index is 0.00000240. The van der Waals surface area contributed by atoms with Gasteiger partial charge in [0.1, 0.15) is 6.10 Å². The maximum atomic E-state index is 5.94. The quantitative estimate of drug-likeness (QED) is 0.298. The van der Waals surface area contributed by atoms with Gasteiger partial charge in [-0.25, -0.2) is 0 Å². The van der Waals surface area contributed by atoms with E-state index in [1.165, 1.54) is 11.3 Å². The third kappa shape index (κ3) is 5.30. The monoisotopic (exact) mass is 508 g/mol. The summed E-state index contributed by atoms with van der Waals surface area (Å²) in [6.45, 7) is 5.03. The number of aryl methyl sites for hydroxylation is 1. The molecule has 1 saturated heterocycles. The van der Waals surface area contributed by atoms with Crippen LogP contribution in [-0.4, -0.2) is 60.5 Å². The number of aliphatic imine (C=N–C) groups is 1. The van der Waals surface area contributed by atoms with Crippen molar-refractivity contribution in [2.75, 3.05) is 44.7 Å². The van der Waals surface area contributed by atoms with Crippen LogP contribution < -0.4 is 10.2 Å². The molecule has 7 nitrogen and oxygen atoms in total. The maximum Gasteiger partial charge on any atom is 0.194 e. The van der Waals surface area contributed by atoms with Gasteiger partial charge in [0.2, 0.25) is 0 Å². The first kappa shape index (κ1) is 21.6. The number of ether oxygens (including phenoxy) is 1. The summed E-state index contributed by atoms with van der Waals surface area (Å²) in [6.07, 6.45) is 8.33. The molecule has 0 radical (unpaired) electrons. The van der Waals surface area contributed by atoms with Crippen molar-refractivity contribution in [1.29, 1.82) is 0 Å². The van der Waals surface area contributed by atoms with E-state index in [0.29, 0.717) is 6.61 Å². The summed E-state index contributed by atoms with van der Waals surface area (Å²) in [6, 6.07) is 8.76. The zero-order chi connectivity index (χ0) is 19.3. The van der Waals surface area contributed by atoms with E-state index in [1.54, 1.807) is 0 Å². The normalized spacial score (nSPS) is 19.4. The van der Waals surface area contributed by atoms with E-state index in [-0.39, 0.29) is 30.1 Å². The number of nitrogens with one attached hydrogen (secondary N) is 1. The number of morpholine rings is 1. The number of anilines is 1. The topological polar surface area (TPSA) is 57.9 Å². The predicted molar refractivity (Wildman–Crippen MR) is 127 cm³/mol. The van der Waals surface area contributed by atoms with Crippen molar-refractivity contribution in [1.82, 2.24) is 20.0 Å². The predicted octanol–water partition coefficient (Wildman–Crippen LogP) is 2.56. The van der Waals surface area contributed by atoms with Gasteiger partial charge in [-0.1, -0.05) is 24.3 Å². The Hall–Kier alpha value is -2.07. The highest BCUT2D eigenvalue weighted by Crippen LogP contribution is 2.22. The van der Waals surface area contributed by atoms with Crippen LogP contribution in [0.3, 0.4) is 0 Å². The highest BCUT2D eigenvalue weighted by atomic mass is 127. The van der Waals surface area contributed by atoms with Crippen molar-refractivity contribution in [2.24, 2.45) is 12.0 Å². The molecule has 2 aliphatic rings. The molecule has 1 aromatic carbocycles. The minimum Gasteiger partial charge on any atom is -0.370 e. The van der Waals surface area contributed by atoms with E-state index >= 15 is 0 Å². The second-order valence-corrected chi connectivity index (χ2v) is 7.20. The summed E-state index contributed by atoms with van der Waals surface area (Å²) < 4.78 is 7.75. The molecule has 8 heteroatoms. The number of benzene rings is 1. The van der Waals surface area contributed by atoms with Crippen LogP contribution in [0.15, 0.2) is 53.8 Å². The van der Waals surface area contributed by atoms with Crippen LogP contribution in [0, 0.1) is 0 Å². The molecule has 0 amide bonds. The Bertz CT molecular complexity index is 839. The Kier molecular flexibility index (Phi) is 7.54. The first-order valence-electron chi connectivity index (χ1n) is 9.77. The van der Waals surface area contributed by atoms with Crippen molar-refractivity contribution in [3.63, 3.8) is 0 Å². The van der Waals surface area contributed by atoms with E-state index in [0.717, 1.165) is 44.2 Å². The SMILES string of the molecule is CN=C(NCc1ccc(N2CC=CC2)cc1)N1CCOC(c2cnn(C)c2)C1.I. The highest BCUT2D eigenvalue weighted by molar-refractivity contribution is 14.0. The molecule has 4 rings (SSSR count). The molecule has 1 unspecified atom stereocenters. The number of rotatable bonds is 4. The fraction of sp³-hybridized carbons (Fsp3) is 0.429. The molecule has 1 N–H and O–H groups in total. The molecule has 0 bridgehead atoms. The average molecular weight is 508 g/mol. The molecule has 2 aliphatic heterocycles. The van der Waals surface area contributed by atoms with Gasteiger partial charge in [-0.2, -0.15) is 5.10 Å². The fourth-order valence-electron chi connectivity index (χ4n) is 3.68. The largest absolute Gasteiger partial charge is 0.370 e. The third-order valence-corrected chi connectivity index (χ3v) is 5.24. The molecule has 1 aromatic heterocycles. The van der Waals surface area contributed by atoms with Crippen LogP contribution in [0.5, 0.6) is 0 Å². The van der Waals surface area contributed by atoms with Crippen LogP contribution >= 0.6 is 24.0 Å². The van der Waals surface area contributed by atoms with E-state index in [2.05, 4.69) is 61.6 Å². The zero-order valence-electron chi connectivity index (χ0n) is 17.0. The van der Waals surface area contributed by atoms with Gasteiger partial charge in [0.15, 0.2) is 5.96 Å². The first-order valence-corrected chi connectivity index (χ1v) is 9.77. The highest BCUT2D eigenvalue weighted by Gasteiger charge is 2.25. The molecule has 3 heterocycles. The van der Waals surface area contributed by atoms with E-state index in [1.807, 2.05) is 31.2 Å². The number of hydrogen-bond donors (Lipinski definition) is 1. The van der Waals surface area contributed by atoms with Crippen LogP contribution in [0.25, 0.3) is 0 Å². The van der Waals surface area contributed by atoms with Crippen molar-refractivity contribution in [3.8, 4) is 0 Å². The van der Waals surface area contributed by atoms with Crippen molar-refractivity contribution in [2.45, 2.75) is 12.6 Å². The molecular weight excluding hydrogens is 479 g/mol. The number of aromatic nitrogens is 2. The first-order chi connectivity index (χ1) is 13.7. The Morgan fingerprint density at radius 3 is 2.66 bits per heavy atom. The standard InChI is InChI=1S/C21H28N6O.HI/c1-22-21(27-11-12-28-20(16-27)18-14-24-25(2)15-18)23-13-17-5-7-19(8-6-17)26-9-3-4-10-26;/h3-8,14-15,20H,9-13,16H2,1-2H3,(H,22,23);1H. The third-order valence-electron chi connectivity index (χ3n) is 5.24. The number of halogens is 1. The average Bonchev–Trinajstić information content (AvgIpc) is 3.41. The van der Waals surface area contributed by atoms with Crippen LogP contribution in [0.2, 0.25) is 0 Å². The molecule has 29 heavy (non-hydrogen) atoms. The van der Waals surface area contributed by atoms with Gasteiger partial charge in [0, 0.05) is 57.7 Å². The van der Waals surface area contributed by atoms with Crippen molar-refractivity contribution < 1.29 is 4.74 Å². The van der Waals surface area contributed by atoms with E-state index in [9.17, 15) is 0 Å². The van der Waals surface area contributed by atoms with Crippen molar-refractivity contribution in [3.05, 3.63) is 59.9 Å². The lowest BCUT2D eigenvalue weighted by molar-refractivity contribution is -0.00805. The summed E-state index contributed by atoms with van der Waals surface area (Å²) in [4.78, 5) is 9.08. The molecular formula is C21H29IN6O. The smallest absolute Gasteiger partial charge is 0.194 e. The Morgan fingerprint density at radius 1 is 1.24 bits per heavy atom. The minimum atomic E-state index is 0. The molecule has 1 fully saturated rings. The molecule has 156 valence electrons. The Labute approximate surface area is 189 Å². The van der Waals surface area contributed by atoms with Crippen LogP contribution in [-0.2, 0) is 18.3 Å². The Morgan fingerprint density at radius 2 is 2.00 bits per heavy atom. The maximum absolute atomic E-state index is 5.94. The minimum absolute atomic E-state index is 0. The molecule has 0 aliphatic carbocycles. The van der Waals surface area contributed by atoms with Gasteiger partial charge in [-0.3, -0.25) is 9.67 Å². The van der Waals surface area contributed by atoms with E-state index < -0.39 is 0 Å². The van der Waals surface area contributed by atoms with Gasteiger partial charge < -0.3 is 19.9 Å². The van der Waals surface area contributed by atoms with Crippen molar-refractivity contribution >= 4 is 35.6 Å². The van der Waals surface area contributed by atoms with Gasteiger partial charge in [0.05, 0.1) is 19.3 Å². The van der Waals surface area contributed by atoms with Gasteiger partial charge >= 0.3 is 0 Å². The lowest BCUT2D eigenvalue weighted by Crippen LogP contribution is -2.47. The summed E-state index contributed by atoms with van der Waals surface area (Å²) in [5.41, 5.74) is 3.62. The van der Waals surface area contributed by atoms with Gasteiger partial charge in [0.25, 0.3) is 0 Å². The second kappa shape index (κ2) is 10.1. The molecule has 0 saturated carbocycles. The second-order valence-electron chi connectivity index (χ2n) is 7.20. The summed E-state index contributed by atoms with van der Waals surface area (Å²) in [5, 5.41) is 7.75. The lowest BCUT2D eigenvalue weighted by atomic mass is 10.1. The lowest BCUT2D eigenvalue weighted by Gasteiger charge is -2.34. The molecule has 2 aromatic rings. The van der Waals surface area contributed by atoms with Gasteiger partial charge in [-0.15, -0.1) is 24.0 Å². The number of nitrogens with zero attached hydrogens (tertiary/aromatic N) is 5. The number of hydrogen-bond acceptors (Lipinski definition) is 4. The van der Waals surface area contributed by atoms with Crippen LogP contribution in [0.1, 0.15) is 17.2 Å². The van der Waals surface area contributed by atoms with E-state index in [4.69, 9.17) is 4.74 Å². The molecule has 0 spiro atoms. The fourth-order valence-corrected chi connectivity index (χ4v) is 3.68. The summed E-state index contributed by atoms with van der Waals surface area (Å²) >= 11 is 0. The summed E-state index contributed by atoms with van der Waals surface area (Å²) in [5.74, 6) is 0.907. The zero-order valence-corrected chi connectivity index (χ0v) is 19.3. The van der Waals surface area contributed by atoms with Crippen LogP contribution in [0.4, 0.5) is 5.69 Å². The summed E-state index contributed by atoms with van der Waals surface area (Å²) in [7, 11) is 3.76. The number of guanidine groups is 1. The van der Waals surface area contributed by atoms with Gasteiger partial charge in [-0.05, 0) is 17.7 Å². The molecule has 1 atom stereocenters.